The summed E-state index contributed by atoms with van der Waals surface area (Å²) in [6, 6.07) is 20.0. The van der Waals surface area contributed by atoms with Crippen LogP contribution in [0.5, 0.6) is 11.5 Å². The third-order valence-corrected chi connectivity index (χ3v) is 7.10. The van der Waals surface area contributed by atoms with Crippen molar-refractivity contribution in [1.29, 1.82) is 0 Å². The van der Waals surface area contributed by atoms with Gasteiger partial charge in [-0.15, -0.1) is 0 Å². The van der Waals surface area contributed by atoms with Gasteiger partial charge in [-0.3, -0.25) is 4.79 Å². The van der Waals surface area contributed by atoms with E-state index in [1.165, 1.54) is 6.07 Å². The van der Waals surface area contributed by atoms with Gasteiger partial charge < -0.3 is 14.8 Å². The Hall–Kier alpha value is -3.36. The van der Waals surface area contributed by atoms with Crippen molar-refractivity contribution in [1.82, 2.24) is 10.0 Å². The number of rotatable bonds is 11. The average molecular weight is 497 g/mol. The summed E-state index contributed by atoms with van der Waals surface area (Å²) in [5.74, 6) is 0.925. The highest BCUT2D eigenvalue weighted by Gasteiger charge is 2.27. The molecule has 8 heteroatoms. The van der Waals surface area contributed by atoms with Crippen LogP contribution in [-0.4, -0.2) is 34.1 Å². The van der Waals surface area contributed by atoms with Crippen molar-refractivity contribution >= 4 is 15.9 Å². The SMILES string of the molecule is CCOc1ccc(S(=O)(=O)N[C@@H](Cc2ccccc2)C(=O)N[C@H](C)c2ccc(OC)cc2)cc1C. The molecule has 0 heterocycles. The number of amides is 1. The molecule has 0 bridgehead atoms. The number of hydrogen-bond acceptors (Lipinski definition) is 5. The van der Waals surface area contributed by atoms with Gasteiger partial charge in [0.25, 0.3) is 0 Å². The first-order valence-electron chi connectivity index (χ1n) is 11.5. The van der Waals surface area contributed by atoms with E-state index in [0.29, 0.717) is 23.7 Å². The Morgan fingerprint density at radius 2 is 1.69 bits per heavy atom. The van der Waals surface area contributed by atoms with Crippen LogP contribution >= 0.6 is 0 Å². The molecule has 0 aromatic heterocycles. The summed E-state index contributed by atoms with van der Waals surface area (Å²) in [6.07, 6.45) is 0.206. The molecule has 35 heavy (non-hydrogen) atoms. The van der Waals surface area contributed by atoms with E-state index >= 15 is 0 Å². The fraction of sp³-hybridized carbons (Fsp3) is 0.296. The maximum absolute atomic E-state index is 13.3. The zero-order valence-electron chi connectivity index (χ0n) is 20.4. The fourth-order valence-corrected chi connectivity index (χ4v) is 4.97. The number of aryl methyl sites for hydroxylation is 1. The number of carbonyl (C=O) groups is 1. The lowest BCUT2D eigenvalue weighted by atomic mass is 10.0. The number of nitrogens with one attached hydrogen (secondary N) is 2. The lowest BCUT2D eigenvalue weighted by Gasteiger charge is -2.22. The number of carbonyl (C=O) groups excluding carboxylic acids is 1. The van der Waals surface area contributed by atoms with Crippen molar-refractivity contribution in [2.75, 3.05) is 13.7 Å². The molecule has 0 aliphatic rings. The van der Waals surface area contributed by atoms with E-state index < -0.39 is 22.0 Å². The molecule has 186 valence electrons. The topological polar surface area (TPSA) is 93.7 Å². The van der Waals surface area contributed by atoms with Crippen LogP contribution in [0, 0.1) is 6.92 Å². The second-order valence-electron chi connectivity index (χ2n) is 8.23. The number of methoxy groups -OCH3 is 1. The first-order valence-corrected chi connectivity index (χ1v) is 13.0. The van der Waals surface area contributed by atoms with Gasteiger partial charge in [0.1, 0.15) is 17.5 Å². The predicted octanol–water partition coefficient (Wildman–Crippen LogP) is 4.17. The van der Waals surface area contributed by atoms with Crippen LogP contribution in [0.15, 0.2) is 77.7 Å². The number of sulfonamides is 1. The van der Waals surface area contributed by atoms with Crippen molar-refractivity contribution < 1.29 is 22.7 Å². The standard InChI is InChI=1S/C27H32N2O5S/c1-5-34-26-16-15-24(17-19(26)2)35(31,32)29-25(18-21-9-7-6-8-10-21)27(30)28-20(3)22-11-13-23(33-4)14-12-22/h6-17,20,25,29H,5,18H2,1-4H3,(H,28,30)/t20-,25+/m1/s1. The predicted molar refractivity (Wildman–Crippen MR) is 136 cm³/mol. The van der Waals surface area contributed by atoms with Gasteiger partial charge in [-0.1, -0.05) is 42.5 Å². The van der Waals surface area contributed by atoms with E-state index in [9.17, 15) is 13.2 Å². The fourth-order valence-electron chi connectivity index (χ4n) is 3.69. The summed E-state index contributed by atoms with van der Waals surface area (Å²) in [6.45, 7) is 5.99. The molecule has 0 saturated heterocycles. The van der Waals surface area contributed by atoms with E-state index in [0.717, 1.165) is 11.1 Å². The van der Waals surface area contributed by atoms with Gasteiger partial charge in [0.05, 0.1) is 24.7 Å². The number of ether oxygens (including phenoxy) is 2. The molecule has 0 unspecified atom stereocenters. The van der Waals surface area contributed by atoms with E-state index in [-0.39, 0.29) is 17.4 Å². The van der Waals surface area contributed by atoms with E-state index in [4.69, 9.17) is 9.47 Å². The minimum atomic E-state index is -3.97. The molecule has 7 nitrogen and oxygen atoms in total. The Morgan fingerprint density at radius 1 is 1.00 bits per heavy atom. The van der Waals surface area contributed by atoms with Crippen molar-refractivity contribution in [2.45, 2.75) is 44.2 Å². The Kier molecular flexibility index (Phi) is 8.89. The minimum absolute atomic E-state index is 0.0764. The maximum Gasteiger partial charge on any atom is 0.241 e. The first-order chi connectivity index (χ1) is 16.7. The monoisotopic (exact) mass is 496 g/mol. The van der Waals surface area contributed by atoms with Gasteiger partial charge in [0.15, 0.2) is 0 Å². The molecule has 0 radical (unpaired) electrons. The molecule has 3 aromatic rings. The van der Waals surface area contributed by atoms with Gasteiger partial charge in [0.2, 0.25) is 15.9 Å². The molecular formula is C27H32N2O5S. The Morgan fingerprint density at radius 3 is 2.29 bits per heavy atom. The largest absolute Gasteiger partial charge is 0.497 e. The van der Waals surface area contributed by atoms with Crippen LogP contribution in [0.1, 0.15) is 36.6 Å². The molecule has 0 aliphatic carbocycles. The van der Waals surface area contributed by atoms with Crippen molar-refractivity contribution in [3.8, 4) is 11.5 Å². The highest BCUT2D eigenvalue weighted by molar-refractivity contribution is 7.89. The number of hydrogen-bond donors (Lipinski definition) is 2. The van der Waals surface area contributed by atoms with E-state index in [1.807, 2.05) is 68.4 Å². The Labute approximate surface area is 207 Å². The molecule has 0 fully saturated rings. The smallest absolute Gasteiger partial charge is 0.241 e. The van der Waals surface area contributed by atoms with Gasteiger partial charge in [-0.25, -0.2) is 8.42 Å². The van der Waals surface area contributed by atoms with Crippen LogP contribution < -0.4 is 19.5 Å². The first kappa shape index (κ1) is 26.2. The molecule has 1 amide bonds. The zero-order chi connectivity index (χ0) is 25.4. The summed E-state index contributed by atoms with van der Waals surface area (Å²) >= 11 is 0. The molecule has 0 saturated carbocycles. The average Bonchev–Trinajstić information content (AvgIpc) is 2.85. The quantitative estimate of drug-likeness (QED) is 0.416. The summed E-state index contributed by atoms with van der Waals surface area (Å²) in [5, 5.41) is 2.94. The van der Waals surface area contributed by atoms with Crippen LogP contribution in [0.4, 0.5) is 0 Å². The third kappa shape index (κ3) is 7.07. The van der Waals surface area contributed by atoms with E-state index in [1.54, 1.807) is 26.2 Å². The summed E-state index contributed by atoms with van der Waals surface area (Å²) in [5.41, 5.74) is 2.42. The van der Waals surface area contributed by atoms with Crippen LogP contribution in [0.3, 0.4) is 0 Å². The third-order valence-electron chi connectivity index (χ3n) is 5.63. The van der Waals surface area contributed by atoms with Gasteiger partial charge in [-0.05, 0) is 74.2 Å². The van der Waals surface area contributed by atoms with Crippen molar-refractivity contribution in [3.05, 3.63) is 89.5 Å². The summed E-state index contributed by atoms with van der Waals surface area (Å²) in [4.78, 5) is 13.4. The van der Waals surface area contributed by atoms with Gasteiger partial charge >= 0.3 is 0 Å². The van der Waals surface area contributed by atoms with Crippen LogP contribution in [0.25, 0.3) is 0 Å². The molecule has 2 atom stereocenters. The highest BCUT2D eigenvalue weighted by Crippen LogP contribution is 2.23. The lowest BCUT2D eigenvalue weighted by Crippen LogP contribution is -2.48. The van der Waals surface area contributed by atoms with Crippen LogP contribution in [0.2, 0.25) is 0 Å². The molecule has 3 rings (SSSR count). The second kappa shape index (κ2) is 11.9. The highest BCUT2D eigenvalue weighted by atomic mass is 32.2. The summed E-state index contributed by atoms with van der Waals surface area (Å²) < 4.78 is 39.8. The molecule has 2 N–H and O–H groups in total. The van der Waals surface area contributed by atoms with Gasteiger partial charge in [-0.2, -0.15) is 4.72 Å². The Bertz CT molecular complexity index is 1230. The van der Waals surface area contributed by atoms with Crippen molar-refractivity contribution in [2.24, 2.45) is 0 Å². The summed E-state index contributed by atoms with van der Waals surface area (Å²) in [7, 11) is -2.38. The lowest BCUT2D eigenvalue weighted by molar-refractivity contribution is -0.123. The Balaban J connectivity index is 1.83. The second-order valence-corrected chi connectivity index (χ2v) is 9.94. The molecular weight excluding hydrogens is 464 g/mol. The molecule has 0 aliphatic heterocycles. The van der Waals surface area contributed by atoms with Crippen LogP contribution in [-0.2, 0) is 21.2 Å². The maximum atomic E-state index is 13.3. The van der Waals surface area contributed by atoms with Crippen molar-refractivity contribution in [3.63, 3.8) is 0 Å². The normalized spacial score (nSPS) is 13.0. The molecule has 3 aromatic carbocycles. The number of benzene rings is 3. The zero-order valence-corrected chi connectivity index (χ0v) is 21.3. The minimum Gasteiger partial charge on any atom is -0.497 e. The van der Waals surface area contributed by atoms with Gasteiger partial charge in [0, 0.05) is 0 Å². The van der Waals surface area contributed by atoms with E-state index in [2.05, 4.69) is 10.0 Å². The molecule has 0 spiro atoms.